The number of benzene rings is 1. The fourth-order valence-corrected chi connectivity index (χ4v) is 2.07. The van der Waals surface area contributed by atoms with Crippen LogP contribution in [0.5, 0.6) is 17.2 Å². The average Bonchev–Trinajstić information content (AvgIpc) is 2.84. The molecule has 0 fully saturated rings. The average molecular weight is 448 g/mol. The number of aromatic hydroxyl groups is 2. The number of carboxylic acid groups (broad SMARTS) is 1. The second-order valence-electron chi connectivity index (χ2n) is 6.08. The van der Waals surface area contributed by atoms with Gasteiger partial charge in [0.15, 0.2) is 17.2 Å². The Kier molecular flexibility index (Phi) is 9.31. The van der Waals surface area contributed by atoms with Crippen molar-refractivity contribution in [2.75, 3.05) is 5.73 Å². The van der Waals surface area contributed by atoms with E-state index in [4.69, 9.17) is 20.7 Å². The molecule has 4 aromatic rings. The van der Waals surface area contributed by atoms with E-state index < -0.39 is 11.9 Å². The fourth-order valence-electron chi connectivity index (χ4n) is 2.07. The number of para-hydroxylation sites is 2. The molecule has 0 aliphatic heterocycles. The van der Waals surface area contributed by atoms with Crippen LogP contribution in [0.25, 0.3) is 0 Å². The standard InChI is InChI=1S/C12H9NO3.C6H5NO2.C5H6N2O/c14-10-5-1-2-6-11(10)16-12(15)9-4-3-7-13-8-9;8-6(9)5-2-1-3-7-4-5;6-4-1-2-7-3-5(4)8/h1-8,14H;1-4H,(H,8,9);1-3,8H,(H2,6,7). The molecule has 1 aromatic carbocycles. The molecular formula is C23H20N4O6. The van der Waals surface area contributed by atoms with Gasteiger partial charge in [-0.05, 0) is 42.5 Å². The van der Waals surface area contributed by atoms with Gasteiger partial charge in [-0.2, -0.15) is 0 Å². The molecule has 10 heteroatoms. The van der Waals surface area contributed by atoms with Gasteiger partial charge in [0.1, 0.15) is 0 Å². The number of carboxylic acids is 1. The first-order valence-corrected chi connectivity index (χ1v) is 9.30. The third-order valence-electron chi connectivity index (χ3n) is 3.71. The maximum atomic E-state index is 11.6. The number of aromatic carboxylic acids is 1. The Bertz CT molecular complexity index is 1150. The lowest BCUT2D eigenvalue weighted by molar-refractivity contribution is 0.0693. The molecule has 0 aliphatic rings. The van der Waals surface area contributed by atoms with E-state index >= 15 is 0 Å². The molecular weight excluding hydrogens is 428 g/mol. The van der Waals surface area contributed by atoms with E-state index in [-0.39, 0.29) is 22.8 Å². The topological polar surface area (TPSA) is 169 Å². The van der Waals surface area contributed by atoms with E-state index in [2.05, 4.69) is 15.0 Å². The second kappa shape index (κ2) is 12.6. The summed E-state index contributed by atoms with van der Waals surface area (Å²) in [7, 11) is 0. The summed E-state index contributed by atoms with van der Waals surface area (Å²) in [5, 5.41) is 26.5. The molecule has 4 rings (SSSR count). The van der Waals surface area contributed by atoms with Crippen molar-refractivity contribution in [3.8, 4) is 17.2 Å². The van der Waals surface area contributed by atoms with Crippen LogP contribution in [0.15, 0.2) is 91.8 Å². The molecule has 3 aromatic heterocycles. The number of esters is 1. The van der Waals surface area contributed by atoms with Gasteiger partial charge >= 0.3 is 11.9 Å². The first-order chi connectivity index (χ1) is 15.9. The van der Waals surface area contributed by atoms with Crippen LogP contribution in [-0.4, -0.2) is 42.2 Å². The van der Waals surface area contributed by atoms with Gasteiger partial charge in [-0.15, -0.1) is 0 Å². The van der Waals surface area contributed by atoms with Crippen molar-refractivity contribution in [2.24, 2.45) is 0 Å². The van der Waals surface area contributed by atoms with Crippen LogP contribution in [0.4, 0.5) is 5.69 Å². The smallest absolute Gasteiger partial charge is 0.345 e. The fraction of sp³-hybridized carbons (Fsp3) is 0. The monoisotopic (exact) mass is 448 g/mol. The predicted molar refractivity (Wildman–Crippen MR) is 119 cm³/mol. The Morgan fingerprint density at radius 3 is 1.79 bits per heavy atom. The zero-order valence-corrected chi connectivity index (χ0v) is 17.1. The van der Waals surface area contributed by atoms with Crippen molar-refractivity contribution in [3.05, 3.63) is 103 Å². The van der Waals surface area contributed by atoms with Gasteiger partial charge in [0, 0.05) is 31.0 Å². The minimum absolute atomic E-state index is 0.0347. The number of carbonyl (C=O) groups is 2. The molecule has 0 unspecified atom stereocenters. The van der Waals surface area contributed by atoms with Crippen molar-refractivity contribution in [2.45, 2.75) is 0 Å². The summed E-state index contributed by atoms with van der Waals surface area (Å²) in [4.78, 5) is 32.8. The van der Waals surface area contributed by atoms with Crippen molar-refractivity contribution in [3.63, 3.8) is 0 Å². The van der Waals surface area contributed by atoms with Crippen LogP contribution in [-0.2, 0) is 0 Å². The number of aromatic nitrogens is 3. The Morgan fingerprint density at radius 2 is 1.33 bits per heavy atom. The number of phenols is 1. The van der Waals surface area contributed by atoms with Gasteiger partial charge in [0.2, 0.25) is 0 Å². The number of rotatable bonds is 3. The molecule has 0 radical (unpaired) electrons. The number of nitrogen functional groups attached to an aromatic ring is 1. The highest BCUT2D eigenvalue weighted by atomic mass is 16.5. The van der Waals surface area contributed by atoms with Crippen molar-refractivity contribution < 1.29 is 29.6 Å². The van der Waals surface area contributed by atoms with Crippen LogP contribution in [0.3, 0.4) is 0 Å². The molecule has 0 saturated carbocycles. The molecule has 0 saturated heterocycles. The molecule has 5 N–H and O–H groups in total. The Labute approximate surface area is 188 Å². The van der Waals surface area contributed by atoms with Crippen LogP contribution < -0.4 is 10.5 Å². The lowest BCUT2D eigenvalue weighted by Crippen LogP contribution is -2.08. The van der Waals surface area contributed by atoms with E-state index in [9.17, 15) is 14.7 Å². The molecule has 10 nitrogen and oxygen atoms in total. The Hall–Kier alpha value is -4.99. The van der Waals surface area contributed by atoms with E-state index in [1.165, 1.54) is 55.2 Å². The number of anilines is 1. The lowest BCUT2D eigenvalue weighted by atomic mass is 10.3. The van der Waals surface area contributed by atoms with Gasteiger partial charge in [-0.25, -0.2) is 9.59 Å². The summed E-state index contributed by atoms with van der Waals surface area (Å²) in [6.45, 7) is 0. The van der Waals surface area contributed by atoms with E-state index in [1.54, 1.807) is 36.5 Å². The normalized spacial score (nSPS) is 9.33. The van der Waals surface area contributed by atoms with E-state index in [0.29, 0.717) is 11.3 Å². The van der Waals surface area contributed by atoms with Crippen LogP contribution >= 0.6 is 0 Å². The van der Waals surface area contributed by atoms with Crippen LogP contribution in [0, 0.1) is 0 Å². The number of hydrogen-bond donors (Lipinski definition) is 4. The third-order valence-corrected chi connectivity index (χ3v) is 3.71. The largest absolute Gasteiger partial charge is 0.504 e. The van der Waals surface area contributed by atoms with Gasteiger partial charge in [-0.3, -0.25) is 15.0 Å². The highest BCUT2D eigenvalue weighted by Gasteiger charge is 2.10. The first-order valence-electron chi connectivity index (χ1n) is 9.30. The number of hydrogen-bond acceptors (Lipinski definition) is 9. The summed E-state index contributed by atoms with van der Waals surface area (Å²) in [6.07, 6.45) is 8.64. The summed E-state index contributed by atoms with van der Waals surface area (Å²) in [5.74, 6) is -1.39. The minimum atomic E-state index is -0.942. The zero-order chi connectivity index (χ0) is 24.1. The summed E-state index contributed by atoms with van der Waals surface area (Å²) < 4.78 is 5.00. The van der Waals surface area contributed by atoms with Gasteiger partial charge in [0.05, 0.1) is 23.0 Å². The molecule has 168 valence electrons. The minimum Gasteiger partial charge on any atom is -0.504 e. The number of pyridine rings is 3. The Morgan fingerprint density at radius 1 is 0.727 bits per heavy atom. The first kappa shape index (κ1) is 24.3. The number of ether oxygens (including phenoxy) is 1. The number of phenolic OH excluding ortho intramolecular Hbond substituents is 1. The van der Waals surface area contributed by atoms with Crippen molar-refractivity contribution in [1.29, 1.82) is 0 Å². The van der Waals surface area contributed by atoms with Gasteiger partial charge in [0.25, 0.3) is 0 Å². The quantitative estimate of drug-likeness (QED) is 0.270. The maximum absolute atomic E-state index is 11.6. The predicted octanol–water partition coefficient (Wildman–Crippen LogP) is 3.16. The maximum Gasteiger partial charge on any atom is 0.345 e. The highest BCUT2D eigenvalue weighted by Crippen LogP contribution is 2.25. The van der Waals surface area contributed by atoms with Gasteiger partial charge < -0.3 is 25.8 Å². The summed E-state index contributed by atoms with van der Waals surface area (Å²) >= 11 is 0. The van der Waals surface area contributed by atoms with E-state index in [0.717, 1.165) is 0 Å². The van der Waals surface area contributed by atoms with Crippen molar-refractivity contribution in [1.82, 2.24) is 15.0 Å². The van der Waals surface area contributed by atoms with Crippen molar-refractivity contribution >= 4 is 17.6 Å². The molecule has 0 bridgehead atoms. The van der Waals surface area contributed by atoms with E-state index in [1.807, 2.05) is 0 Å². The van der Waals surface area contributed by atoms with Crippen LogP contribution in [0.1, 0.15) is 20.7 Å². The molecule has 0 atom stereocenters. The Balaban J connectivity index is 0.000000192. The molecule has 0 amide bonds. The number of carbonyl (C=O) groups excluding carboxylic acids is 1. The number of nitrogens with zero attached hydrogens (tertiary/aromatic N) is 3. The number of nitrogens with two attached hydrogens (primary N) is 1. The molecule has 3 heterocycles. The molecule has 0 aliphatic carbocycles. The van der Waals surface area contributed by atoms with Crippen LogP contribution in [0.2, 0.25) is 0 Å². The SMILES string of the molecule is Nc1ccncc1O.O=C(O)c1cccnc1.O=C(Oc1ccccc1O)c1cccnc1. The summed E-state index contributed by atoms with van der Waals surface area (Å²) in [5.41, 5.74) is 6.15. The van der Waals surface area contributed by atoms with Gasteiger partial charge in [-0.1, -0.05) is 12.1 Å². The second-order valence-corrected chi connectivity index (χ2v) is 6.08. The highest BCUT2D eigenvalue weighted by molar-refractivity contribution is 5.90. The third kappa shape index (κ3) is 8.34. The molecule has 33 heavy (non-hydrogen) atoms. The lowest BCUT2D eigenvalue weighted by Gasteiger charge is -2.05. The summed E-state index contributed by atoms with van der Waals surface area (Å²) in [6, 6.07) is 14.1. The molecule has 0 spiro atoms. The zero-order valence-electron chi connectivity index (χ0n) is 17.1.